The van der Waals surface area contributed by atoms with Crippen molar-refractivity contribution in [2.75, 3.05) is 19.0 Å². The maximum Gasteiger partial charge on any atom is 0.225 e. The molecule has 28 heavy (non-hydrogen) atoms. The van der Waals surface area contributed by atoms with Crippen LogP contribution in [0.1, 0.15) is 25.7 Å². The first kappa shape index (κ1) is 18.3. The number of methoxy groups -OCH3 is 1. The average molecular weight is 385 g/mol. The van der Waals surface area contributed by atoms with E-state index in [1.165, 1.54) is 0 Å². The van der Waals surface area contributed by atoms with Crippen LogP contribution in [0.2, 0.25) is 0 Å². The highest BCUT2D eigenvalue weighted by molar-refractivity contribution is 5.77. The Morgan fingerprint density at radius 3 is 3.11 bits per heavy atom. The molecule has 3 N–H and O–H groups in total. The Morgan fingerprint density at radius 1 is 1.39 bits per heavy atom. The van der Waals surface area contributed by atoms with Gasteiger partial charge in [0.05, 0.1) is 31.7 Å². The van der Waals surface area contributed by atoms with Crippen molar-refractivity contribution < 1.29 is 9.53 Å². The van der Waals surface area contributed by atoms with E-state index < -0.39 is 0 Å². The molecule has 11 nitrogen and oxygen atoms in total. The van der Waals surface area contributed by atoms with Crippen molar-refractivity contribution in [3.63, 3.8) is 0 Å². The smallest absolute Gasteiger partial charge is 0.225 e. The van der Waals surface area contributed by atoms with Gasteiger partial charge in [-0.2, -0.15) is 14.8 Å². The van der Waals surface area contributed by atoms with E-state index in [9.17, 15) is 4.79 Å². The molecule has 1 amide bonds. The van der Waals surface area contributed by atoms with Crippen LogP contribution in [0.3, 0.4) is 0 Å². The zero-order valence-corrected chi connectivity index (χ0v) is 15.7. The van der Waals surface area contributed by atoms with Crippen molar-refractivity contribution in [2.45, 2.75) is 38.3 Å². The van der Waals surface area contributed by atoms with Crippen LogP contribution in [0.25, 0.3) is 16.9 Å². The van der Waals surface area contributed by atoms with Crippen LogP contribution >= 0.6 is 0 Å². The first-order valence-electron chi connectivity index (χ1n) is 9.30. The van der Waals surface area contributed by atoms with Crippen molar-refractivity contribution >= 4 is 23.0 Å². The van der Waals surface area contributed by atoms with Crippen molar-refractivity contribution in [3.05, 3.63) is 18.6 Å². The van der Waals surface area contributed by atoms with Gasteiger partial charge in [0.2, 0.25) is 11.9 Å². The highest BCUT2D eigenvalue weighted by atomic mass is 16.5. The molecule has 0 aromatic carbocycles. The molecular formula is C17H23N9O2. The van der Waals surface area contributed by atoms with Crippen LogP contribution in [0, 0.1) is 5.92 Å². The maximum atomic E-state index is 11.5. The number of primary amides is 1. The van der Waals surface area contributed by atoms with Crippen molar-refractivity contribution in [1.82, 2.24) is 34.7 Å². The normalized spacial score (nSPS) is 19.8. The largest absolute Gasteiger partial charge is 0.383 e. The van der Waals surface area contributed by atoms with Gasteiger partial charge in [0, 0.05) is 19.1 Å². The van der Waals surface area contributed by atoms with Gasteiger partial charge in [0.15, 0.2) is 11.2 Å². The predicted octanol–water partition coefficient (Wildman–Crippen LogP) is 0.509. The lowest BCUT2D eigenvalue weighted by atomic mass is 9.85. The fraction of sp³-hybridized carbons (Fsp3) is 0.529. The van der Waals surface area contributed by atoms with Gasteiger partial charge in [0.1, 0.15) is 5.69 Å². The third-order valence-electron chi connectivity index (χ3n) is 4.99. The molecule has 0 unspecified atom stereocenters. The molecule has 1 saturated carbocycles. The summed E-state index contributed by atoms with van der Waals surface area (Å²) in [6.07, 6.45) is 8.65. The molecule has 3 aromatic rings. The molecule has 1 fully saturated rings. The summed E-state index contributed by atoms with van der Waals surface area (Å²) in [4.78, 5) is 20.4. The summed E-state index contributed by atoms with van der Waals surface area (Å²) in [5.74, 6) is 0.147. The molecule has 11 heteroatoms. The Hall–Kier alpha value is -3.08. The molecule has 0 spiro atoms. The number of amides is 1. The number of nitrogens with zero attached hydrogens (tertiary/aromatic N) is 7. The van der Waals surface area contributed by atoms with E-state index in [1.54, 1.807) is 28.9 Å². The van der Waals surface area contributed by atoms with E-state index in [4.69, 9.17) is 10.5 Å². The first-order chi connectivity index (χ1) is 13.6. The summed E-state index contributed by atoms with van der Waals surface area (Å²) >= 11 is 0. The van der Waals surface area contributed by atoms with Crippen molar-refractivity contribution in [3.8, 4) is 5.69 Å². The van der Waals surface area contributed by atoms with E-state index >= 15 is 0 Å². The van der Waals surface area contributed by atoms with E-state index in [2.05, 4.69) is 30.7 Å². The van der Waals surface area contributed by atoms with E-state index in [-0.39, 0.29) is 17.9 Å². The highest BCUT2D eigenvalue weighted by Crippen LogP contribution is 2.26. The van der Waals surface area contributed by atoms with Gasteiger partial charge in [-0.15, -0.1) is 5.10 Å². The summed E-state index contributed by atoms with van der Waals surface area (Å²) < 4.78 is 8.48. The molecule has 4 rings (SSSR count). The van der Waals surface area contributed by atoms with Gasteiger partial charge in [-0.3, -0.25) is 9.48 Å². The Morgan fingerprint density at radius 2 is 2.29 bits per heavy atom. The molecule has 3 heterocycles. The second-order valence-electron chi connectivity index (χ2n) is 6.97. The zero-order chi connectivity index (χ0) is 19.5. The fourth-order valence-electron chi connectivity index (χ4n) is 3.50. The summed E-state index contributed by atoms with van der Waals surface area (Å²) in [7, 11) is 1.65. The average Bonchev–Trinajstić information content (AvgIpc) is 3.33. The minimum atomic E-state index is -0.240. The second kappa shape index (κ2) is 7.89. The Bertz CT molecular complexity index is 967. The molecule has 3 aromatic heterocycles. The lowest BCUT2D eigenvalue weighted by Gasteiger charge is -2.27. The Kier molecular flexibility index (Phi) is 5.15. The number of carbonyl (C=O) groups is 1. The number of anilines is 1. The van der Waals surface area contributed by atoms with Crippen molar-refractivity contribution in [1.29, 1.82) is 0 Å². The molecule has 0 aliphatic heterocycles. The van der Waals surface area contributed by atoms with Gasteiger partial charge in [-0.05, 0) is 19.3 Å². The lowest BCUT2D eigenvalue weighted by molar-refractivity contribution is -0.122. The number of carbonyl (C=O) groups excluding carboxylic acids is 1. The van der Waals surface area contributed by atoms with Gasteiger partial charge in [-0.1, -0.05) is 11.6 Å². The standard InChI is InChI=1S/C17H23N9O2/c1-28-6-5-25-10-13(8-20-25)26-16-14(23-24-26)9-19-17(22-16)21-12-4-2-3-11(7-12)15(18)27/h8-12H,2-7H2,1H3,(H2,18,27)(H,19,21,22)/t11-,12-/m0/s1. The Labute approximate surface area is 161 Å². The summed E-state index contributed by atoms with van der Waals surface area (Å²) in [6.45, 7) is 1.22. The van der Waals surface area contributed by atoms with E-state index in [0.717, 1.165) is 24.9 Å². The number of hydrogen-bond acceptors (Lipinski definition) is 8. The third-order valence-corrected chi connectivity index (χ3v) is 4.99. The molecule has 0 bridgehead atoms. The molecule has 1 aliphatic rings. The number of nitrogens with two attached hydrogens (primary N) is 1. The number of rotatable bonds is 7. The number of fused-ring (bicyclic) bond motifs is 1. The lowest BCUT2D eigenvalue weighted by Crippen LogP contribution is -2.34. The topological polar surface area (TPSA) is 139 Å². The van der Waals surface area contributed by atoms with Crippen LogP contribution in [0.4, 0.5) is 5.95 Å². The number of hydrogen-bond donors (Lipinski definition) is 2. The maximum absolute atomic E-state index is 11.5. The van der Waals surface area contributed by atoms with E-state index in [1.807, 2.05) is 6.20 Å². The van der Waals surface area contributed by atoms with Crippen LogP contribution in [0.15, 0.2) is 18.6 Å². The first-order valence-corrected chi connectivity index (χ1v) is 9.30. The molecule has 1 aliphatic carbocycles. The van der Waals surface area contributed by atoms with Crippen LogP contribution in [-0.2, 0) is 16.1 Å². The van der Waals surface area contributed by atoms with Crippen LogP contribution < -0.4 is 11.1 Å². The van der Waals surface area contributed by atoms with E-state index in [0.29, 0.717) is 36.7 Å². The van der Waals surface area contributed by atoms with Crippen LogP contribution in [-0.4, -0.2) is 60.4 Å². The fourth-order valence-corrected chi connectivity index (χ4v) is 3.50. The SMILES string of the molecule is COCCn1cc(-n2nnc3cnc(N[C@H]4CCC[C@H](C(N)=O)C4)nc32)cn1. The summed E-state index contributed by atoms with van der Waals surface area (Å²) in [6, 6.07) is 0.116. The minimum Gasteiger partial charge on any atom is -0.383 e. The van der Waals surface area contributed by atoms with Crippen LogP contribution in [0.5, 0.6) is 0 Å². The third kappa shape index (κ3) is 3.79. The number of ether oxygens (including phenoxy) is 1. The van der Waals surface area contributed by atoms with Gasteiger partial charge in [-0.25, -0.2) is 4.98 Å². The van der Waals surface area contributed by atoms with Gasteiger partial charge in [0.25, 0.3) is 0 Å². The molecular weight excluding hydrogens is 362 g/mol. The summed E-state index contributed by atoms with van der Waals surface area (Å²) in [5.41, 5.74) is 7.41. The second-order valence-corrected chi connectivity index (χ2v) is 6.97. The molecule has 0 saturated heterocycles. The number of nitrogens with one attached hydrogen (secondary N) is 1. The summed E-state index contributed by atoms with van der Waals surface area (Å²) in [5, 5.41) is 15.9. The molecule has 148 valence electrons. The minimum absolute atomic E-state index is 0.0971. The molecule has 2 atom stereocenters. The zero-order valence-electron chi connectivity index (χ0n) is 15.7. The van der Waals surface area contributed by atoms with Crippen molar-refractivity contribution in [2.24, 2.45) is 11.7 Å². The molecule has 0 radical (unpaired) electrons. The quantitative estimate of drug-likeness (QED) is 0.600. The van der Waals surface area contributed by atoms with Gasteiger partial charge < -0.3 is 15.8 Å². The Balaban J connectivity index is 1.54. The predicted molar refractivity (Wildman–Crippen MR) is 101 cm³/mol. The monoisotopic (exact) mass is 385 g/mol. The highest BCUT2D eigenvalue weighted by Gasteiger charge is 2.26. The van der Waals surface area contributed by atoms with Gasteiger partial charge >= 0.3 is 0 Å². The number of aromatic nitrogens is 7.